The smallest absolute Gasteiger partial charge is 0.222 e. The summed E-state index contributed by atoms with van der Waals surface area (Å²) in [6.45, 7) is 4.45. The van der Waals surface area contributed by atoms with E-state index in [1.54, 1.807) is 0 Å². The fourth-order valence-corrected chi connectivity index (χ4v) is 4.74. The number of amides is 1. The molecule has 0 spiro atoms. The Hall–Kier alpha value is -2.09. The molecule has 172 valence electrons. The maximum Gasteiger partial charge on any atom is 0.222 e. The molecule has 2 saturated heterocycles. The quantitative estimate of drug-likeness (QED) is 0.331. The third-order valence-corrected chi connectivity index (χ3v) is 6.48. The summed E-state index contributed by atoms with van der Waals surface area (Å²) in [7, 11) is 1.87. The Morgan fingerprint density at radius 1 is 1.00 bits per heavy atom. The normalized spacial score (nSPS) is 17.4. The van der Waals surface area contributed by atoms with E-state index in [4.69, 9.17) is 0 Å². The fraction of sp³-hybridized carbons (Fsp3) is 0.462. The second-order valence-electron chi connectivity index (χ2n) is 8.76. The maximum absolute atomic E-state index is 11.9. The number of nitrogens with one attached hydrogen (secondary N) is 1. The molecule has 2 aliphatic heterocycles. The summed E-state index contributed by atoms with van der Waals surface area (Å²) < 4.78 is 0. The van der Waals surface area contributed by atoms with E-state index in [-0.39, 0.29) is 29.9 Å². The van der Waals surface area contributed by atoms with Crippen LogP contribution in [0.5, 0.6) is 0 Å². The van der Waals surface area contributed by atoms with Gasteiger partial charge in [0.1, 0.15) is 0 Å². The van der Waals surface area contributed by atoms with E-state index in [9.17, 15) is 4.79 Å². The van der Waals surface area contributed by atoms with Gasteiger partial charge in [0.2, 0.25) is 5.91 Å². The van der Waals surface area contributed by atoms with Crippen LogP contribution in [0.4, 0.5) is 0 Å². The average Bonchev–Trinajstić information content (AvgIpc) is 3.20. The van der Waals surface area contributed by atoms with Gasteiger partial charge >= 0.3 is 0 Å². The zero-order chi connectivity index (χ0) is 21.5. The number of halogens is 1. The number of carbonyl (C=O) groups is 1. The van der Waals surface area contributed by atoms with E-state index < -0.39 is 0 Å². The first-order valence-corrected chi connectivity index (χ1v) is 11.6. The van der Waals surface area contributed by atoms with E-state index in [2.05, 4.69) is 69.8 Å². The molecule has 5 nitrogen and oxygen atoms in total. The van der Waals surface area contributed by atoms with Crippen molar-refractivity contribution in [3.05, 3.63) is 71.3 Å². The van der Waals surface area contributed by atoms with Gasteiger partial charge in [-0.05, 0) is 48.3 Å². The van der Waals surface area contributed by atoms with Gasteiger partial charge in [0.05, 0.1) is 0 Å². The third kappa shape index (κ3) is 6.70. The van der Waals surface area contributed by atoms with Crippen LogP contribution in [0.2, 0.25) is 0 Å². The van der Waals surface area contributed by atoms with Gasteiger partial charge in [-0.3, -0.25) is 9.79 Å². The average molecular weight is 546 g/mol. The maximum atomic E-state index is 11.9. The van der Waals surface area contributed by atoms with E-state index in [1.165, 1.54) is 36.0 Å². The van der Waals surface area contributed by atoms with Crippen LogP contribution >= 0.6 is 24.0 Å². The van der Waals surface area contributed by atoms with Gasteiger partial charge in [0, 0.05) is 46.2 Å². The van der Waals surface area contributed by atoms with Crippen molar-refractivity contribution >= 4 is 35.8 Å². The molecule has 2 aromatic rings. The Morgan fingerprint density at radius 2 is 1.72 bits per heavy atom. The van der Waals surface area contributed by atoms with Gasteiger partial charge in [0.15, 0.2) is 5.96 Å². The first kappa shape index (κ1) is 24.6. The van der Waals surface area contributed by atoms with Crippen LogP contribution in [-0.4, -0.2) is 48.3 Å². The molecule has 0 saturated carbocycles. The van der Waals surface area contributed by atoms with E-state index in [0.717, 1.165) is 51.0 Å². The number of piperidine rings is 1. The minimum absolute atomic E-state index is 0. The lowest BCUT2D eigenvalue weighted by molar-refractivity contribution is -0.128. The molecule has 4 rings (SSSR count). The second-order valence-corrected chi connectivity index (χ2v) is 8.76. The van der Waals surface area contributed by atoms with Crippen molar-refractivity contribution in [2.24, 2.45) is 10.9 Å². The molecule has 0 aromatic heterocycles. The molecule has 0 atom stereocenters. The summed E-state index contributed by atoms with van der Waals surface area (Å²) in [5.41, 5.74) is 3.87. The molecular weight excluding hydrogens is 511 g/mol. The molecule has 0 unspecified atom stereocenters. The van der Waals surface area contributed by atoms with Crippen molar-refractivity contribution in [1.29, 1.82) is 0 Å². The molecule has 0 radical (unpaired) electrons. The van der Waals surface area contributed by atoms with Crippen molar-refractivity contribution in [3.8, 4) is 0 Å². The number of hydrogen-bond donors (Lipinski definition) is 1. The van der Waals surface area contributed by atoms with Crippen LogP contribution in [0, 0.1) is 5.92 Å². The number of nitrogens with zero attached hydrogens (tertiary/aromatic N) is 3. The van der Waals surface area contributed by atoms with Crippen LogP contribution in [-0.2, 0) is 24.3 Å². The Labute approximate surface area is 209 Å². The highest BCUT2D eigenvalue weighted by Gasteiger charge is 2.22. The zero-order valence-electron chi connectivity index (χ0n) is 19.0. The van der Waals surface area contributed by atoms with Crippen LogP contribution in [0.25, 0.3) is 0 Å². The minimum Gasteiger partial charge on any atom is -0.352 e. The molecule has 32 heavy (non-hydrogen) atoms. The zero-order valence-corrected chi connectivity index (χ0v) is 21.3. The predicted molar refractivity (Wildman–Crippen MR) is 141 cm³/mol. The molecule has 0 aliphatic carbocycles. The lowest BCUT2D eigenvalue weighted by Crippen LogP contribution is -2.45. The SMILES string of the molecule is CN=C(NCc1cccc(CN2CCCC2=O)c1)N1CCC(Cc2ccccc2)CC1.I. The summed E-state index contributed by atoms with van der Waals surface area (Å²) in [4.78, 5) is 20.8. The number of hydrogen-bond acceptors (Lipinski definition) is 2. The molecule has 6 heteroatoms. The Morgan fingerprint density at radius 3 is 2.41 bits per heavy atom. The van der Waals surface area contributed by atoms with Gasteiger partial charge < -0.3 is 15.1 Å². The number of aliphatic imine (C=N–C) groups is 1. The topological polar surface area (TPSA) is 47.9 Å². The number of likely N-dealkylation sites (tertiary alicyclic amines) is 2. The molecule has 2 aliphatic rings. The molecule has 0 bridgehead atoms. The third-order valence-electron chi connectivity index (χ3n) is 6.48. The molecule has 1 N–H and O–H groups in total. The molecule has 2 heterocycles. The van der Waals surface area contributed by atoms with Crippen LogP contribution in [0.3, 0.4) is 0 Å². The molecule has 2 fully saturated rings. The van der Waals surface area contributed by atoms with E-state index in [0.29, 0.717) is 6.42 Å². The van der Waals surface area contributed by atoms with Crippen molar-refractivity contribution in [3.63, 3.8) is 0 Å². The highest BCUT2D eigenvalue weighted by molar-refractivity contribution is 14.0. The van der Waals surface area contributed by atoms with Gasteiger partial charge in [0.25, 0.3) is 0 Å². The summed E-state index contributed by atoms with van der Waals surface area (Å²) in [5, 5.41) is 3.54. The van der Waals surface area contributed by atoms with E-state index >= 15 is 0 Å². The molecule has 1 amide bonds. The number of guanidine groups is 1. The standard InChI is InChI=1S/C26H34N4O.HI/c1-27-26(29-15-12-22(13-16-29)17-21-7-3-2-4-8-21)28-19-23-9-5-10-24(18-23)20-30-14-6-11-25(30)31;/h2-5,7-10,18,22H,6,11-17,19-20H2,1H3,(H,27,28);1H. The van der Waals surface area contributed by atoms with Crippen molar-refractivity contribution < 1.29 is 4.79 Å². The fourth-order valence-electron chi connectivity index (χ4n) is 4.74. The summed E-state index contributed by atoms with van der Waals surface area (Å²) in [6, 6.07) is 19.4. The second kappa shape index (κ2) is 12.2. The van der Waals surface area contributed by atoms with Gasteiger partial charge in [-0.1, -0.05) is 54.6 Å². The van der Waals surface area contributed by atoms with Gasteiger partial charge in [-0.15, -0.1) is 24.0 Å². The first-order chi connectivity index (χ1) is 15.2. The van der Waals surface area contributed by atoms with Gasteiger partial charge in [-0.2, -0.15) is 0 Å². The largest absolute Gasteiger partial charge is 0.352 e. The minimum atomic E-state index is 0. The van der Waals surface area contributed by atoms with Crippen LogP contribution in [0.15, 0.2) is 59.6 Å². The van der Waals surface area contributed by atoms with Crippen molar-refractivity contribution in [1.82, 2.24) is 15.1 Å². The van der Waals surface area contributed by atoms with Crippen molar-refractivity contribution in [2.45, 2.75) is 45.2 Å². The predicted octanol–water partition coefficient (Wildman–Crippen LogP) is 4.46. The summed E-state index contributed by atoms with van der Waals surface area (Å²) in [5.74, 6) is 2.01. The Balaban J connectivity index is 0.00000289. The first-order valence-electron chi connectivity index (χ1n) is 11.6. The summed E-state index contributed by atoms with van der Waals surface area (Å²) >= 11 is 0. The van der Waals surface area contributed by atoms with E-state index in [1.807, 2.05) is 11.9 Å². The lowest BCUT2D eigenvalue weighted by Gasteiger charge is -2.34. The van der Waals surface area contributed by atoms with Gasteiger partial charge in [-0.25, -0.2) is 0 Å². The Kier molecular flexibility index (Phi) is 9.38. The van der Waals surface area contributed by atoms with Crippen LogP contribution in [0.1, 0.15) is 42.4 Å². The lowest BCUT2D eigenvalue weighted by atomic mass is 9.90. The monoisotopic (exact) mass is 546 g/mol. The molecular formula is C26H35IN4O. The highest BCUT2D eigenvalue weighted by Crippen LogP contribution is 2.22. The number of rotatable bonds is 6. The highest BCUT2D eigenvalue weighted by atomic mass is 127. The van der Waals surface area contributed by atoms with Crippen LogP contribution < -0.4 is 5.32 Å². The number of carbonyl (C=O) groups excluding carboxylic acids is 1. The van der Waals surface area contributed by atoms with Crippen molar-refractivity contribution in [2.75, 3.05) is 26.7 Å². The Bertz CT molecular complexity index is 894. The number of benzene rings is 2. The molecule has 2 aromatic carbocycles. The summed E-state index contributed by atoms with van der Waals surface area (Å²) in [6.07, 6.45) is 5.26.